The van der Waals surface area contributed by atoms with Crippen LogP contribution in [0.3, 0.4) is 0 Å². The summed E-state index contributed by atoms with van der Waals surface area (Å²) in [6.45, 7) is 3.57. The highest BCUT2D eigenvalue weighted by molar-refractivity contribution is 5.97. The van der Waals surface area contributed by atoms with Crippen molar-refractivity contribution in [2.45, 2.75) is 19.4 Å². The van der Waals surface area contributed by atoms with Gasteiger partial charge < -0.3 is 19.8 Å². The summed E-state index contributed by atoms with van der Waals surface area (Å²) in [4.78, 5) is 14.0. The molecule has 0 spiro atoms. The lowest BCUT2D eigenvalue weighted by atomic mass is 10.1. The van der Waals surface area contributed by atoms with Gasteiger partial charge in [0.2, 0.25) is 0 Å². The van der Waals surface area contributed by atoms with Crippen LogP contribution in [0, 0.1) is 0 Å². The molecule has 0 saturated carbocycles. The second kappa shape index (κ2) is 5.27. The molecular weight excluding hydrogens is 234 g/mol. The summed E-state index contributed by atoms with van der Waals surface area (Å²) < 4.78 is 5.34. The summed E-state index contributed by atoms with van der Waals surface area (Å²) in [5.41, 5.74) is 0.216. The predicted molar refractivity (Wildman–Crippen MR) is 65.7 cm³/mol. The zero-order chi connectivity index (χ0) is 13.1. The Balaban J connectivity index is 2.24. The SMILES string of the molecule is CCC1COCCN1C(=O)c1ccc(O)cc1O. The van der Waals surface area contributed by atoms with E-state index in [-0.39, 0.29) is 29.0 Å². The van der Waals surface area contributed by atoms with Crippen molar-refractivity contribution in [2.24, 2.45) is 0 Å². The maximum Gasteiger partial charge on any atom is 0.258 e. The third-order valence-electron chi connectivity index (χ3n) is 3.17. The zero-order valence-corrected chi connectivity index (χ0v) is 10.3. The molecule has 2 rings (SSSR count). The summed E-state index contributed by atoms with van der Waals surface area (Å²) in [6, 6.07) is 4.05. The van der Waals surface area contributed by atoms with Gasteiger partial charge in [0.25, 0.3) is 5.91 Å². The molecule has 5 nitrogen and oxygen atoms in total. The second-order valence-corrected chi connectivity index (χ2v) is 4.34. The van der Waals surface area contributed by atoms with Crippen LogP contribution in [0.2, 0.25) is 0 Å². The van der Waals surface area contributed by atoms with Crippen LogP contribution in [0.4, 0.5) is 0 Å². The van der Waals surface area contributed by atoms with Crippen LogP contribution >= 0.6 is 0 Å². The number of amides is 1. The normalized spacial score (nSPS) is 19.8. The van der Waals surface area contributed by atoms with E-state index in [9.17, 15) is 15.0 Å². The number of phenols is 2. The summed E-state index contributed by atoms with van der Waals surface area (Å²) in [7, 11) is 0. The molecule has 0 aromatic heterocycles. The molecule has 5 heteroatoms. The Hall–Kier alpha value is -1.75. The lowest BCUT2D eigenvalue weighted by molar-refractivity contribution is -0.00293. The van der Waals surface area contributed by atoms with E-state index in [2.05, 4.69) is 0 Å². The van der Waals surface area contributed by atoms with Crippen LogP contribution in [0.25, 0.3) is 0 Å². The van der Waals surface area contributed by atoms with Crippen molar-refractivity contribution in [1.29, 1.82) is 0 Å². The first-order valence-corrected chi connectivity index (χ1v) is 6.04. The molecule has 1 unspecified atom stereocenters. The lowest BCUT2D eigenvalue weighted by Gasteiger charge is -2.35. The fourth-order valence-electron chi connectivity index (χ4n) is 2.12. The van der Waals surface area contributed by atoms with E-state index in [0.29, 0.717) is 19.8 Å². The molecule has 98 valence electrons. The van der Waals surface area contributed by atoms with Crippen molar-refractivity contribution in [2.75, 3.05) is 19.8 Å². The average Bonchev–Trinajstić information content (AvgIpc) is 2.38. The van der Waals surface area contributed by atoms with Gasteiger partial charge >= 0.3 is 0 Å². The highest BCUT2D eigenvalue weighted by Crippen LogP contribution is 2.25. The molecular formula is C13H17NO4. The molecule has 18 heavy (non-hydrogen) atoms. The topological polar surface area (TPSA) is 70.0 Å². The first kappa shape index (κ1) is 12.7. The van der Waals surface area contributed by atoms with Crippen LogP contribution < -0.4 is 0 Å². The number of phenolic OH excluding ortho intramolecular Hbond substituents is 2. The molecule has 1 aliphatic heterocycles. The largest absolute Gasteiger partial charge is 0.508 e. The quantitative estimate of drug-likeness (QED) is 0.832. The van der Waals surface area contributed by atoms with E-state index < -0.39 is 0 Å². The maximum atomic E-state index is 12.3. The third-order valence-corrected chi connectivity index (χ3v) is 3.17. The number of morpholine rings is 1. The standard InChI is InChI=1S/C13H17NO4/c1-2-9-8-18-6-5-14(9)13(17)11-4-3-10(15)7-12(11)16/h3-4,7,9,15-16H,2,5-6,8H2,1H3. The number of carbonyl (C=O) groups excluding carboxylic acids is 1. The van der Waals surface area contributed by atoms with Crippen LogP contribution in [-0.4, -0.2) is 46.8 Å². The molecule has 0 aliphatic carbocycles. The maximum absolute atomic E-state index is 12.3. The Morgan fingerprint density at radius 2 is 2.28 bits per heavy atom. The van der Waals surface area contributed by atoms with Gasteiger partial charge in [0.05, 0.1) is 24.8 Å². The van der Waals surface area contributed by atoms with Gasteiger partial charge in [-0.1, -0.05) is 6.92 Å². The highest BCUT2D eigenvalue weighted by atomic mass is 16.5. The molecule has 2 N–H and O–H groups in total. The Morgan fingerprint density at radius 3 is 2.94 bits per heavy atom. The number of nitrogens with zero attached hydrogens (tertiary/aromatic N) is 1. The van der Waals surface area contributed by atoms with Gasteiger partial charge in [-0.3, -0.25) is 4.79 Å². The molecule has 1 aromatic rings. The fourth-order valence-corrected chi connectivity index (χ4v) is 2.12. The van der Waals surface area contributed by atoms with Crippen LogP contribution in [0.1, 0.15) is 23.7 Å². The van der Waals surface area contributed by atoms with Gasteiger partial charge in [-0.25, -0.2) is 0 Å². The predicted octanol–water partition coefficient (Wildman–Crippen LogP) is 1.35. The van der Waals surface area contributed by atoms with Crippen molar-refractivity contribution in [3.8, 4) is 11.5 Å². The molecule has 1 saturated heterocycles. The van der Waals surface area contributed by atoms with Crippen molar-refractivity contribution in [3.05, 3.63) is 23.8 Å². The number of rotatable bonds is 2. The fraction of sp³-hybridized carbons (Fsp3) is 0.462. The highest BCUT2D eigenvalue weighted by Gasteiger charge is 2.28. The van der Waals surface area contributed by atoms with Gasteiger partial charge in [-0.2, -0.15) is 0 Å². The second-order valence-electron chi connectivity index (χ2n) is 4.34. The number of aromatic hydroxyl groups is 2. The van der Waals surface area contributed by atoms with Crippen LogP contribution in [0.15, 0.2) is 18.2 Å². The molecule has 0 bridgehead atoms. The average molecular weight is 251 g/mol. The van der Waals surface area contributed by atoms with Gasteiger partial charge in [0, 0.05) is 12.6 Å². The number of benzene rings is 1. The Morgan fingerprint density at radius 1 is 1.50 bits per heavy atom. The molecule has 1 aromatic carbocycles. The van der Waals surface area contributed by atoms with Gasteiger partial charge in [-0.05, 0) is 18.6 Å². The minimum absolute atomic E-state index is 0.0412. The minimum atomic E-state index is -0.220. The Bertz CT molecular complexity index is 447. The molecule has 1 amide bonds. The lowest BCUT2D eigenvalue weighted by Crippen LogP contribution is -2.48. The van der Waals surface area contributed by atoms with Crippen molar-refractivity contribution in [3.63, 3.8) is 0 Å². The number of carbonyl (C=O) groups is 1. The van der Waals surface area contributed by atoms with E-state index in [1.54, 1.807) is 4.90 Å². The summed E-state index contributed by atoms with van der Waals surface area (Å²) in [5.74, 6) is -0.470. The van der Waals surface area contributed by atoms with E-state index >= 15 is 0 Å². The number of hydrogen-bond acceptors (Lipinski definition) is 4. The summed E-state index contributed by atoms with van der Waals surface area (Å²) in [5, 5.41) is 18.9. The molecule has 0 radical (unpaired) electrons. The number of hydrogen-bond donors (Lipinski definition) is 2. The summed E-state index contributed by atoms with van der Waals surface area (Å²) in [6.07, 6.45) is 0.810. The van der Waals surface area contributed by atoms with Crippen molar-refractivity contribution >= 4 is 5.91 Å². The van der Waals surface area contributed by atoms with Crippen molar-refractivity contribution < 1.29 is 19.7 Å². The number of ether oxygens (including phenoxy) is 1. The van der Waals surface area contributed by atoms with E-state index in [0.717, 1.165) is 6.42 Å². The van der Waals surface area contributed by atoms with Crippen LogP contribution in [-0.2, 0) is 4.74 Å². The molecule has 1 heterocycles. The summed E-state index contributed by atoms with van der Waals surface area (Å²) >= 11 is 0. The van der Waals surface area contributed by atoms with Gasteiger partial charge in [-0.15, -0.1) is 0 Å². The van der Waals surface area contributed by atoms with Crippen LogP contribution in [0.5, 0.6) is 11.5 Å². The zero-order valence-electron chi connectivity index (χ0n) is 10.3. The van der Waals surface area contributed by atoms with E-state index in [1.165, 1.54) is 18.2 Å². The molecule has 1 atom stereocenters. The molecule has 1 aliphatic rings. The Labute approximate surface area is 106 Å². The van der Waals surface area contributed by atoms with Crippen molar-refractivity contribution in [1.82, 2.24) is 4.90 Å². The monoisotopic (exact) mass is 251 g/mol. The van der Waals surface area contributed by atoms with E-state index in [1.807, 2.05) is 6.92 Å². The third kappa shape index (κ3) is 2.41. The van der Waals surface area contributed by atoms with E-state index in [4.69, 9.17) is 4.74 Å². The first-order chi connectivity index (χ1) is 8.63. The first-order valence-electron chi connectivity index (χ1n) is 6.04. The minimum Gasteiger partial charge on any atom is -0.508 e. The Kier molecular flexibility index (Phi) is 3.72. The van der Waals surface area contributed by atoms with Gasteiger partial charge in [0.15, 0.2) is 0 Å². The van der Waals surface area contributed by atoms with Gasteiger partial charge in [0.1, 0.15) is 11.5 Å². The smallest absolute Gasteiger partial charge is 0.258 e. The molecule has 1 fully saturated rings.